The molecule has 19 heavy (non-hydrogen) atoms. The number of nitrogens with one attached hydrogen (secondary N) is 1. The van der Waals surface area contributed by atoms with E-state index in [0.717, 1.165) is 15.8 Å². The number of carbonyl (C=O) groups excluding carboxylic acids is 1. The molecule has 0 saturated heterocycles. The number of nitrogens with zero attached hydrogens (tertiary/aromatic N) is 1. The summed E-state index contributed by atoms with van der Waals surface area (Å²) in [6.07, 6.45) is 0. The molecule has 4 nitrogen and oxygen atoms in total. The molecule has 1 rings (SSSR count). The Balaban J connectivity index is 2.37. The topological polar surface area (TPSA) is 52.6 Å². The van der Waals surface area contributed by atoms with Crippen molar-refractivity contribution in [3.63, 3.8) is 0 Å². The summed E-state index contributed by atoms with van der Waals surface area (Å²) in [5.41, 5.74) is -0.794. The molecule has 0 aliphatic carbocycles. The van der Waals surface area contributed by atoms with E-state index in [9.17, 15) is 9.90 Å². The Morgan fingerprint density at radius 3 is 2.68 bits per heavy atom. The first kappa shape index (κ1) is 16.4. The molecule has 1 aromatic heterocycles. The molecule has 0 aliphatic rings. The number of thiophene rings is 1. The van der Waals surface area contributed by atoms with Crippen LogP contribution >= 0.6 is 22.9 Å². The molecular weight excluding hydrogens is 284 g/mol. The third-order valence-corrected chi connectivity index (χ3v) is 3.74. The first-order chi connectivity index (χ1) is 8.80. The normalized spacial score (nSPS) is 11.9. The van der Waals surface area contributed by atoms with Gasteiger partial charge in [0.15, 0.2) is 0 Å². The average Bonchev–Trinajstić information content (AvgIpc) is 2.70. The van der Waals surface area contributed by atoms with Gasteiger partial charge in [-0.25, -0.2) is 0 Å². The van der Waals surface area contributed by atoms with E-state index in [-0.39, 0.29) is 5.91 Å². The number of hydrogen-bond acceptors (Lipinski definition) is 4. The van der Waals surface area contributed by atoms with Gasteiger partial charge in [0, 0.05) is 11.4 Å². The fourth-order valence-corrected chi connectivity index (χ4v) is 2.75. The highest BCUT2D eigenvalue weighted by Crippen LogP contribution is 2.20. The van der Waals surface area contributed by atoms with E-state index in [2.05, 4.69) is 5.32 Å². The van der Waals surface area contributed by atoms with Crippen LogP contribution in [0.4, 0.5) is 0 Å². The van der Waals surface area contributed by atoms with Crippen molar-refractivity contribution >= 4 is 28.8 Å². The lowest BCUT2D eigenvalue weighted by Crippen LogP contribution is -2.43. The summed E-state index contributed by atoms with van der Waals surface area (Å²) in [4.78, 5) is 14.8. The Morgan fingerprint density at radius 2 is 2.21 bits per heavy atom. The molecule has 0 aromatic carbocycles. The van der Waals surface area contributed by atoms with E-state index >= 15 is 0 Å². The first-order valence-corrected chi connectivity index (χ1v) is 7.45. The second kappa shape index (κ2) is 7.24. The minimum absolute atomic E-state index is 0.0457. The maximum absolute atomic E-state index is 11.8. The van der Waals surface area contributed by atoms with Crippen LogP contribution in [0.1, 0.15) is 25.6 Å². The molecular formula is C13H21ClN2O2S. The summed E-state index contributed by atoms with van der Waals surface area (Å²) in [7, 11) is 0. The fourth-order valence-electron chi connectivity index (χ4n) is 1.72. The Hall–Kier alpha value is -0.620. The van der Waals surface area contributed by atoms with Crippen molar-refractivity contribution in [3.8, 4) is 0 Å². The van der Waals surface area contributed by atoms with Crippen LogP contribution in [-0.4, -0.2) is 41.1 Å². The summed E-state index contributed by atoms with van der Waals surface area (Å²) >= 11 is 7.29. The highest BCUT2D eigenvalue weighted by atomic mass is 35.5. The van der Waals surface area contributed by atoms with Gasteiger partial charge in [-0.15, -0.1) is 11.3 Å². The van der Waals surface area contributed by atoms with Crippen LogP contribution in [0.5, 0.6) is 0 Å². The Bertz CT molecular complexity index is 415. The Labute approximate surface area is 123 Å². The lowest BCUT2D eigenvalue weighted by molar-refractivity contribution is -0.122. The number of rotatable bonds is 7. The van der Waals surface area contributed by atoms with Crippen LogP contribution in [-0.2, 0) is 11.3 Å². The molecule has 0 bridgehead atoms. The number of halogens is 1. The van der Waals surface area contributed by atoms with Gasteiger partial charge in [-0.05, 0) is 32.5 Å². The van der Waals surface area contributed by atoms with E-state index in [0.29, 0.717) is 19.6 Å². The van der Waals surface area contributed by atoms with Crippen molar-refractivity contribution < 1.29 is 9.90 Å². The van der Waals surface area contributed by atoms with Gasteiger partial charge in [0.25, 0.3) is 0 Å². The second-order valence-corrected chi connectivity index (χ2v) is 6.90. The molecule has 1 heterocycles. The van der Waals surface area contributed by atoms with E-state index in [1.54, 1.807) is 13.8 Å². The van der Waals surface area contributed by atoms with Crippen LogP contribution in [0, 0.1) is 0 Å². The van der Waals surface area contributed by atoms with Crippen LogP contribution in [0.2, 0.25) is 4.34 Å². The Morgan fingerprint density at radius 1 is 1.53 bits per heavy atom. The van der Waals surface area contributed by atoms with Crippen LogP contribution in [0.25, 0.3) is 0 Å². The first-order valence-electron chi connectivity index (χ1n) is 6.26. The molecule has 0 saturated carbocycles. The smallest absolute Gasteiger partial charge is 0.234 e. The number of likely N-dealkylation sites (N-methyl/N-ethyl adjacent to an activating group) is 1. The Kier molecular flexibility index (Phi) is 6.26. The molecule has 108 valence electrons. The molecule has 0 fully saturated rings. The van der Waals surface area contributed by atoms with Crippen molar-refractivity contribution in [2.45, 2.75) is 32.9 Å². The van der Waals surface area contributed by atoms with Crippen molar-refractivity contribution in [1.82, 2.24) is 10.2 Å². The number of hydrogen-bond donors (Lipinski definition) is 2. The highest BCUT2D eigenvalue weighted by Gasteiger charge is 2.19. The predicted octanol–water partition coefficient (Wildman–Crippen LogP) is 2.11. The molecule has 0 radical (unpaired) electrons. The van der Waals surface area contributed by atoms with Gasteiger partial charge in [0.2, 0.25) is 5.91 Å². The van der Waals surface area contributed by atoms with Gasteiger partial charge in [0.05, 0.1) is 23.0 Å². The largest absolute Gasteiger partial charge is 0.389 e. The monoisotopic (exact) mass is 304 g/mol. The summed E-state index contributed by atoms with van der Waals surface area (Å²) < 4.78 is 0.724. The van der Waals surface area contributed by atoms with Crippen molar-refractivity contribution in [3.05, 3.63) is 21.3 Å². The zero-order valence-electron chi connectivity index (χ0n) is 11.6. The number of carbonyl (C=O) groups is 1. The molecule has 0 spiro atoms. The van der Waals surface area contributed by atoms with Crippen molar-refractivity contribution in [2.75, 3.05) is 19.6 Å². The van der Waals surface area contributed by atoms with Crippen LogP contribution in [0.3, 0.4) is 0 Å². The molecule has 0 aliphatic heterocycles. The van der Waals surface area contributed by atoms with E-state index in [1.807, 2.05) is 24.0 Å². The fraction of sp³-hybridized carbons (Fsp3) is 0.615. The lowest BCUT2D eigenvalue weighted by Gasteiger charge is -2.27. The molecule has 1 amide bonds. The third-order valence-electron chi connectivity index (χ3n) is 2.51. The number of amides is 1. The quantitative estimate of drug-likeness (QED) is 0.811. The van der Waals surface area contributed by atoms with Gasteiger partial charge in [-0.3, -0.25) is 9.69 Å². The van der Waals surface area contributed by atoms with Gasteiger partial charge in [0.1, 0.15) is 0 Å². The second-order valence-electron chi connectivity index (χ2n) is 5.10. The summed E-state index contributed by atoms with van der Waals surface area (Å²) in [6, 6.07) is 3.72. The van der Waals surface area contributed by atoms with Gasteiger partial charge < -0.3 is 10.4 Å². The van der Waals surface area contributed by atoms with Crippen LogP contribution < -0.4 is 5.32 Å². The highest BCUT2D eigenvalue weighted by molar-refractivity contribution is 7.16. The summed E-state index contributed by atoms with van der Waals surface area (Å²) in [5, 5.41) is 12.6. The summed E-state index contributed by atoms with van der Waals surface area (Å²) in [5.74, 6) is -0.0457. The van der Waals surface area contributed by atoms with Crippen molar-refractivity contribution in [1.29, 1.82) is 0 Å². The minimum atomic E-state index is -0.794. The minimum Gasteiger partial charge on any atom is -0.389 e. The third kappa shape index (κ3) is 6.92. The SMILES string of the molecule is CCN(CC(=O)NCc1ccc(Cl)s1)CC(C)(C)O. The van der Waals surface area contributed by atoms with E-state index in [1.165, 1.54) is 11.3 Å². The zero-order chi connectivity index (χ0) is 14.5. The summed E-state index contributed by atoms with van der Waals surface area (Å²) in [6.45, 7) is 7.43. The zero-order valence-corrected chi connectivity index (χ0v) is 13.1. The van der Waals surface area contributed by atoms with E-state index in [4.69, 9.17) is 11.6 Å². The molecule has 0 atom stereocenters. The molecule has 0 unspecified atom stereocenters. The predicted molar refractivity (Wildman–Crippen MR) is 79.6 cm³/mol. The molecule has 6 heteroatoms. The molecule has 1 aromatic rings. The average molecular weight is 305 g/mol. The van der Waals surface area contributed by atoms with E-state index < -0.39 is 5.60 Å². The standard InChI is InChI=1S/C13H21ClN2O2S/c1-4-16(9-13(2,3)18)8-12(17)15-7-10-5-6-11(14)19-10/h5-6,18H,4,7-9H2,1-3H3,(H,15,17). The molecule has 2 N–H and O–H groups in total. The van der Waals surface area contributed by atoms with Gasteiger partial charge >= 0.3 is 0 Å². The van der Waals surface area contributed by atoms with Crippen molar-refractivity contribution in [2.24, 2.45) is 0 Å². The van der Waals surface area contributed by atoms with Crippen LogP contribution in [0.15, 0.2) is 12.1 Å². The maximum Gasteiger partial charge on any atom is 0.234 e. The lowest BCUT2D eigenvalue weighted by atomic mass is 10.1. The number of aliphatic hydroxyl groups is 1. The van der Waals surface area contributed by atoms with Gasteiger partial charge in [-0.1, -0.05) is 18.5 Å². The maximum atomic E-state index is 11.8. The van der Waals surface area contributed by atoms with Gasteiger partial charge in [-0.2, -0.15) is 0 Å².